The molecule has 0 unspecified atom stereocenters. The second-order valence-corrected chi connectivity index (χ2v) is 12.1. The van der Waals surface area contributed by atoms with E-state index >= 15 is 0 Å². The van der Waals surface area contributed by atoms with Crippen molar-refractivity contribution in [3.63, 3.8) is 0 Å². The van der Waals surface area contributed by atoms with E-state index in [9.17, 15) is 0 Å². The van der Waals surface area contributed by atoms with E-state index in [2.05, 4.69) is 190 Å². The Labute approximate surface area is 281 Å². The summed E-state index contributed by atoms with van der Waals surface area (Å²) in [5.41, 5.74) is 11.7. The lowest BCUT2D eigenvalue weighted by Gasteiger charge is -2.11. The molecule has 0 aliphatic carbocycles. The van der Waals surface area contributed by atoms with Crippen LogP contribution in [-0.4, -0.2) is 0 Å². The Hall–Kier alpha value is -6.26. The summed E-state index contributed by atoms with van der Waals surface area (Å²) in [6.07, 6.45) is 4.37. The van der Waals surface area contributed by atoms with E-state index < -0.39 is 0 Å². The minimum atomic E-state index is 0.783. The molecule has 8 aromatic rings. The third-order valence-electron chi connectivity index (χ3n) is 8.85. The largest absolute Gasteiger partial charge is 0.355 e. The number of anilines is 4. The molecule has 6 aromatic carbocycles. The van der Waals surface area contributed by atoms with E-state index in [1.807, 2.05) is 12.1 Å². The summed E-state index contributed by atoms with van der Waals surface area (Å²) < 4.78 is 4.66. The van der Waals surface area contributed by atoms with Crippen LogP contribution in [0.3, 0.4) is 0 Å². The number of para-hydroxylation sites is 4. The molecular weight excluding hydrogens is 585 g/mol. The summed E-state index contributed by atoms with van der Waals surface area (Å²) in [7, 11) is 0. The maximum absolute atomic E-state index is 3.60. The highest BCUT2D eigenvalue weighted by Gasteiger charge is 2.16. The van der Waals surface area contributed by atoms with Crippen LogP contribution in [0.15, 0.2) is 182 Å². The molecule has 8 rings (SSSR count). The fraction of sp³-hybridized carbons (Fsp3) is 0.0455. The van der Waals surface area contributed by atoms with Crippen molar-refractivity contribution in [2.75, 3.05) is 10.6 Å². The summed E-state index contributed by atoms with van der Waals surface area (Å²) in [5, 5.41) is 9.58. The first kappa shape index (κ1) is 29.2. The van der Waals surface area contributed by atoms with Gasteiger partial charge in [0.15, 0.2) is 25.5 Å². The quantitative estimate of drug-likeness (QED) is 0.158. The Morgan fingerprint density at radius 2 is 0.792 bits per heavy atom. The van der Waals surface area contributed by atoms with Gasteiger partial charge in [-0.15, -0.1) is 0 Å². The predicted molar refractivity (Wildman–Crippen MR) is 198 cm³/mol. The fourth-order valence-electron chi connectivity index (χ4n) is 6.51. The molecule has 2 aromatic heterocycles. The van der Waals surface area contributed by atoms with Crippen LogP contribution in [0, 0.1) is 0 Å². The number of fused-ring (bicyclic) bond motifs is 2. The molecule has 48 heavy (non-hydrogen) atoms. The van der Waals surface area contributed by atoms with Crippen molar-refractivity contribution >= 4 is 44.6 Å². The second kappa shape index (κ2) is 13.2. The molecule has 0 spiro atoms. The number of pyridine rings is 2. The highest BCUT2D eigenvalue weighted by atomic mass is 15.0. The molecule has 2 heterocycles. The average Bonchev–Trinajstić information content (AvgIpc) is 3.15. The summed E-state index contributed by atoms with van der Waals surface area (Å²) in [6, 6.07) is 60.1. The van der Waals surface area contributed by atoms with Crippen molar-refractivity contribution in [1.82, 2.24) is 0 Å². The number of aromatic nitrogens is 2. The van der Waals surface area contributed by atoms with E-state index in [0.717, 1.165) is 35.8 Å². The van der Waals surface area contributed by atoms with E-state index in [4.69, 9.17) is 0 Å². The summed E-state index contributed by atoms with van der Waals surface area (Å²) >= 11 is 0. The van der Waals surface area contributed by atoms with Gasteiger partial charge in [-0.25, -0.2) is 0 Å². The summed E-state index contributed by atoms with van der Waals surface area (Å²) in [4.78, 5) is 0. The molecule has 4 heteroatoms. The van der Waals surface area contributed by atoms with Crippen LogP contribution in [0.2, 0.25) is 0 Å². The van der Waals surface area contributed by atoms with Gasteiger partial charge in [0.05, 0.1) is 22.1 Å². The Kier molecular flexibility index (Phi) is 8.04. The first-order valence-electron chi connectivity index (χ1n) is 16.4. The van der Waals surface area contributed by atoms with Crippen molar-refractivity contribution < 1.29 is 9.13 Å². The zero-order valence-electron chi connectivity index (χ0n) is 26.6. The van der Waals surface area contributed by atoms with Crippen LogP contribution in [0.25, 0.3) is 32.9 Å². The zero-order valence-corrected chi connectivity index (χ0v) is 26.6. The van der Waals surface area contributed by atoms with Gasteiger partial charge in [-0.05, 0) is 59.7 Å². The fourth-order valence-corrected chi connectivity index (χ4v) is 6.51. The van der Waals surface area contributed by atoms with Gasteiger partial charge < -0.3 is 10.6 Å². The van der Waals surface area contributed by atoms with Crippen LogP contribution in [0.4, 0.5) is 22.7 Å². The number of nitrogens with zero attached hydrogens (tertiary/aromatic N) is 2. The Morgan fingerprint density at radius 1 is 0.375 bits per heavy atom. The van der Waals surface area contributed by atoms with Gasteiger partial charge in [-0.1, -0.05) is 97.1 Å². The van der Waals surface area contributed by atoms with Crippen molar-refractivity contribution in [1.29, 1.82) is 0 Å². The average molecular weight is 621 g/mol. The molecular formula is C44H36N4+2. The molecule has 4 nitrogen and oxygen atoms in total. The Morgan fingerprint density at radius 3 is 1.25 bits per heavy atom. The molecule has 0 aliphatic heterocycles. The van der Waals surface area contributed by atoms with E-state index in [1.54, 1.807) is 0 Å². The van der Waals surface area contributed by atoms with Gasteiger partial charge >= 0.3 is 0 Å². The zero-order chi connectivity index (χ0) is 32.1. The van der Waals surface area contributed by atoms with Gasteiger partial charge in [-0.2, -0.15) is 9.13 Å². The smallest absolute Gasteiger partial charge is 0.214 e. The van der Waals surface area contributed by atoms with Gasteiger partial charge in [0, 0.05) is 46.8 Å². The van der Waals surface area contributed by atoms with E-state index in [-0.39, 0.29) is 0 Å². The molecule has 0 aliphatic rings. The topological polar surface area (TPSA) is 31.8 Å². The Balaban J connectivity index is 1.05. The van der Waals surface area contributed by atoms with Gasteiger partial charge in [0.25, 0.3) is 0 Å². The SMILES string of the molecule is c1ccc(Nc2cc[n+](Cc3cccc(-c4cccc(C[n+]5ccc(Nc6ccccc6)c6ccccc65)c4)c3)c3ccccc23)cc1. The van der Waals surface area contributed by atoms with Crippen LogP contribution in [0.5, 0.6) is 0 Å². The maximum Gasteiger partial charge on any atom is 0.214 e. The van der Waals surface area contributed by atoms with Crippen molar-refractivity contribution in [3.05, 3.63) is 193 Å². The molecule has 0 atom stereocenters. The molecule has 230 valence electrons. The highest BCUT2D eigenvalue weighted by Crippen LogP contribution is 2.27. The number of benzene rings is 6. The number of rotatable bonds is 9. The number of nitrogens with one attached hydrogen (secondary N) is 2. The second-order valence-electron chi connectivity index (χ2n) is 12.1. The van der Waals surface area contributed by atoms with Crippen LogP contribution in [-0.2, 0) is 13.1 Å². The monoisotopic (exact) mass is 620 g/mol. The first-order chi connectivity index (χ1) is 23.8. The van der Waals surface area contributed by atoms with Crippen molar-refractivity contribution in [3.8, 4) is 11.1 Å². The van der Waals surface area contributed by atoms with Crippen molar-refractivity contribution in [2.24, 2.45) is 0 Å². The third-order valence-corrected chi connectivity index (χ3v) is 8.85. The predicted octanol–water partition coefficient (Wildman–Crippen LogP) is 9.82. The number of hydrogen-bond acceptors (Lipinski definition) is 2. The molecule has 0 fully saturated rings. The van der Waals surface area contributed by atoms with Gasteiger partial charge in [0.1, 0.15) is 0 Å². The highest BCUT2D eigenvalue weighted by molar-refractivity contribution is 5.91. The van der Waals surface area contributed by atoms with Crippen LogP contribution >= 0.6 is 0 Å². The molecule has 0 bridgehead atoms. The van der Waals surface area contributed by atoms with E-state index in [0.29, 0.717) is 0 Å². The lowest BCUT2D eigenvalue weighted by atomic mass is 10.0. The van der Waals surface area contributed by atoms with Crippen LogP contribution < -0.4 is 19.8 Å². The third kappa shape index (κ3) is 6.24. The first-order valence-corrected chi connectivity index (χ1v) is 16.4. The molecule has 0 amide bonds. The molecule has 2 N–H and O–H groups in total. The van der Waals surface area contributed by atoms with Crippen molar-refractivity contribution in [2.45, 2.75) is 13.1 Å². The maximum atomic E-state index is 3.60. The summed E-state index contributed by atoms with van der Waals surface area (Å²) in [6.45, 7) is 1.57. The number of hydrogen-bond donors (Lipinski definition) is 2. The van der Waals surface area contributed by atoms with E-state index in [1.165, 1.54) is 44.1 Å². The minimum Gasteiger partial charge on any atom is -0.355 e. The minimum absolute atomic E-state index is 0.783. The standard InChI is InChI=1S/C44H34N4/c1-3-17-37(18-4-1)45-41-25-27-47(43-23-9-7-21-39(41)43)31-33-13-11-15-35(29-33)36-16-12-14-34(30-36)32-48-28-26-42(40-22-8-10-24-44(40)48)46-38-19-5-2-6-20-38/h1-30H,31-32H2/p+2. The normalized spacial score (nSPS) is 11.1. The molecule has 0 saturated carbocycles. The summed E-state index contributed by atoms with van der Waals surface area (Å²) in [5.74, 6) is 0. The van der Waals surface area contributed by atoms with Gasteiger partial charge in [-0.3, -0.25) is 0 Å². The van der Waals surface area contributed by atoms with Gasteiger partial charge in [0.2, 0.25) is 11.0 Å². The molecule has 0 saturated heterocycles. The lowest BCUT2D eigenvalue weighted by Crippen LogP contribution is -2.35. The Bertz CT molecular complexity index is 2180. The van der Waals surface area contributed by atoms with Crippen LogP contribution in [0.1, 0.15) is 11.1 Å². The lowest BCUT2D eigenvalue weighted by molar-refractivity contribution is -0.662. The molecule has 0 radical (unpaired) electrons.